The molecule has 0 bridgehead atoms. The molecule has 2 rings (SSSR count). The van der Waals surface area contributed by atoms with Crippen LogP contribution in [0.2, 0.25) is 0 Å². The molecule has 0 saturated heterocycles. The zero-order chi connectivity index (χ0) is 16.1. The SMILES string of the molecule is CCc1nn(Cc2ccc(C#N)cn2)c(=O)c(C#N)c1CC. The van der Waals surface area contributed by atoms with E-state index in [0.717, 1.165) is 11.3 Å². The van der Waals surface area contributed by atoms with E-state index in [0.29, 0.717) is 24.1 Å². The Kier molecular flexibility index (Phi) is 4.65. The number of nitriles is 2. The molecular weight excluding hydrogens is 278 g/mol. The Hall–Kier alpha value is -2.99. The summed E-state index contributed by atoms with van der Waals surface area (Å²) >= 11 is 0. The molecule has 0 N–H and O–H groups in total. The first kappa shape index (κ1) is 15.4. The van der Waals surface area contributed by atoms with Crippen LogP contribution >= 0.6 is 0 Å². The van der Waals surface area contributed by atoms with Gasteiger partial charge in [-0.15, -0.1) is 0 Å². The van der Waals surface area contributed by atoms with Crippen LogP contribution < -0.4 is 5.56 Å². The number of pyridine rings is 1. The van der Waals surface area contributed by atoms with E-state index in [1.165, 1.54) is 10.9 Å². The van der Waals surface area contributed by atoms with Crippen LogP contribution in [-0.2, 0) is 19.4 Å². The number of aryl methyl sites for hydroxylation is 1. The molecule has 0 aromatic carbocycles. The van der Waals surface area contributed by atoms with Gasteiger partial charge in [-0.3, -0.25) is 9.78 Å². The summed E-state index contributed by atoms with van der Waals surface area (Å²) in [6.07, 6.45) is 2.70. The van der Waals surface area contributed by atoms with E-state index >= 15 is 0 Å². The van der Waals surface area contributed by atoms with E-state index in [4.69, 9.17) is 5.26 Å². The van der Waals surface area contributed by atoms with Crippen molar-refractivity contribution < 1.29 is 0 Å². The van der Waals surface area contributed by atoms with E-state index in [2.05, 4.69) is 10.1 Å². The number of rotatable bonds is 4. The predicted octanol–water partition coefficient (Wildman–Crippen LogP) is 1.55. The van der Waals surface area contributed by atoms with Crippen LogP contribution in [0.3, 0.4) is 0 Å². The Morgan fingerprint density at radius 2 is 1.95 bits per heavy atom. The van der Waals surface area contributed by atoms with Crippen molar-refractivity contribution in [3.8, 4) is 12.1 Å². The highest BCUT2D eigenvalue weighted by Gasteiger charge is 2.15. The molecule has 2 aromatic rings. The third-order valence-corrected chi connectivity index (χ3v) is 3.41. The fraction of sp³-hybridized carbons (Fsp3) is 0.312. The summed E-state index contributed by atoms with van der Waals surface area (Å²) in [6.45, 7) is 4.02. The van der Waals surface area contributed by atoms with E-state index in [-0.39, 0.29) is 12.1 Å². The van der Waals surface area contributed by atoms with Gasteiger partial charge < -0.3 is 0 Å². The fourth-order valence-electron chi connectivity index (χ4n) is 2.28. The lowest BCUT2D eigenvalue weighted by Gasteiger charge is -2.11. The first-order valence-electron chi connectivity index (χ1n) is 7.02. The Bertz CT molecular complexity index is 822. The minimum absolute atomic E-state index is 0.156. The minimum Gasteiger partial charge on any atom is -0.266 e. The van der Waals surface area contributed by atoms with Crippen molar-refractivity contribution in [2.24, 2.45) is 0 Å². The third kappa shape index (κ3) is 2.87. The monoisotopic (exact) mass is 293 g/mol. The Labute approximate surface area is 128 Å². The van der Waals surface area contributed by atoms with Crippen LogP contribution in [0.25, 0.3) is 0 Å². The van der Waals surface area contributed by atoms with Gasteiger partial charge >= 0.3 is 0 Å². The van der Waals surface area contributed by atoms with Gasteiger partial charge in [-0.2, -0.15) is 15.6 Å². The molecule has 0 atom stereocenters. The first-order chi connectivity index (χ1) is 10.6. The van der Waals surface area contributed by atoms with Crippen LogP contribution in [-0.4, -0.2) is 14.8 Å². The average Bonchev–Trinajstić information content (AvgIpc) is 2.56. The van der Waals surface area contributed by atoms with Gasteiger partial charge in [-0.1, -0.05) is 13.8 Å². The van der Waals surface area contributed by atoms with Crippen molar-refractivity contribution in [1.82, 2.24) is 14.8 Å². The van der Waals surface area contributed by atoms with Gasteiger partial charge in [-0.05, 0) is 30.5 Å². The predicted molar refractivity (Wildman–Crippen MR) is 80.0 cm³/mol. The second-order valence-electron chi connectivity index (χ2n) is 4.73. The molecule has 0 spiro atoms. The smallest absolute Gasteiger partial charge is 0.266 e. The zero-order valence-electron chi connectivity index (χ0n) is 12.5. The average molecular weight is 293 g/mol. The number of hydrogen-bond donors (Lipinski definition) is 0. The lowest BCUT2D eigenvalue weighted by atomic mass is 10.0. The Morgan fingerprint density at radius 3 is 2.45 bits per heavy atom. The maximum Gasteiger partial charge on any atom is 0.285 e. The van der Waals surface area contributed by atoms with Gasteiger partial charge in [0, 0.05) is 6.20 Å². The number of hydrogen-bond acceptors (Lipinski definition) is 5. The van der Waals surface area contributed by atoms with Gasteiger partial charge in [0.1, 0.15) is 17.7 Å². The number of nitrogens with zero attached hydrogens (tertiary/aromatic N) is 5. The molecule has 0 aliphatic carbocycles. The fourth-order valence-corrected chi connectivity index (χ4v) is 2.28. The molecule has 22 heavy (non-hydrogen) atoms. The van der Waals surface area contributed by atoms with Crippen LogP contribution in [0.15, 0.2) is 23.1 Å². The molecule has 2 heterocycles. The molecular formula is C16H15N5O. The third-order valence-electron chi connectivity index (χ3n) is 3.41. The van der Waals surface area contributed by atoms with Crippen molar-refractivity contribution in [2.75, 3.05) is 0 Å². The van der Waals surface area contributed by atoms with Crippen molar-refractivity contribution in [3.05, 3.63) is 56.8 Å². The van der Waals surface area contributed by atoms with Crippen molar-refractivity contribution >= 4 is 0 Å². The lowest BCUT2D eigenvalue weighted by Crippen LogP contribution is -2.29. The topological polar surface area (TPSA) is 95.4 Å². The molecule has 0 amide bonds. The summed E-state index contributed by atoms with van der Waals surface area (Å²) in [4.78, 5) is 16.5. The highest BCUT2D eigenvalue weighted by atomic mass is 16.1. The molecule has 0 saturated carbocycles. The van der Waals surface area contributed by atoms with E-state index in [9.17, 15) is 10.1 Å². The largest absolute Gasteiger partial charge is 0.285 e. The second-order valence-corrected chi connectivity index (χ2v) is 4.73. The van der Waals surface area contributed by atoms with Crippen LogP contribution in [0.5, 0.6) is 0 Å². The number of aromatic nitrogens is 3. The van der Waals surface area contributed by atoms with E-state index < -0.39 is 5.56 Å². The lowest BCUT2D eigenvalue weighted by molar-refractivity contribution is 0.603. The summed E-state index contributed by atoms with van der Waals surface area (Å²) < 4.78 is 1.27. The Balaban J connectivity index is 2.49. The van der Waals surface area contributed by atoms with Crippen molar-refractivity contribution in [2.45, 2.75) is 33.2 Å². The normalized spacial score (nSPS) is 10.0. The zero-order valence-corrected chi connectivity index (χ0v) is 12.5. The van der Waals surface area contributed by atoms with Gasteiger partial charge in [0.2, 0.25) is 0 Å². The molecule has 0 radical (unpaired) electrons. The van der Waals surface area contributed by atoms with E-state index in [1.54, 1.807) is 12.1 Å². The second kappa shape index (κ2) is 6.64. The van der Waals surface area contributed by atoms with Gasteiger partial charge in [0.05, 0.1) is 23.5 Å². The van der Waals surface area contributed by atoms with Gasteiger partial charge in [-0.25, -0.2) is 4.68 Å². The van der Waals surface area contributed by atoms with Crippen LogP contribution in [0.4, 0.5) is 0 Å². The molecule has 0 fully saturated rings. The first-order valence-corrected chi connectivity index (χ1v) is 7.02. The molecule has 2 aromatic heterocycles. The van der Waals surface area contributed by atoms with Crippen LogP contribution in [0.1, 0.15) is 41.9 Å². The molecule has 110 valence electrons. The van der Waals surface area contributed by atoms with Crippen LogP contribution in [0, 0.1) is 22.7 Å². The maximum absolute atomic E-state index is 12.4. The summed E-state index contributed by atoms with van der Waals surface area (Å²) in [5, 5.41) is 22.4. The minimum atomic E-state index is -0.400. The molecule has 0 unspecified atom stereocenters. The quantitative estimate of drug-likeness (QED) is 0.852. The summed E-state index contributed by atoms with van der Waals surface area (Å²) in [5.74, 6) is 0. The van der Waals surface area contributed by atoms with Gasteiger partial charge in [0.25, 0.3) is 5.56 Å². The van der Waals surface area contributed by atoms with E-state index in [1.807, 2.05) is 26.0 Å². The summed E-state index contributed by atoms with van der Waals surface area (Å²) in [6, 6.07) is 7.31. The van der Waals surface area contributed by atoms with Gasteiger partial charge in [0.15, 0.2) is 0 Å². The molecule has 6 nitrogen and oxygen atoms in total. The van der Waals surface area contributed by atoms with Crippen molar-refractivity contribution in [1.29, 1.82) is 10.5 Å². The highest BCUT2D eigenvalue weighted by Crippen LogP contribution is 2.10. The molecule has 6 heteroatoms. The summed E-state index contributed by atoms with van der Waals surface area (Å²) in [5.41, 5.74) is 2.30. The maximum atomic E-state index is 12.4. The summed E-state index contributed by atoms with van der Waals surface area (Å²) in [7, 11) is 0. The standard InChI is InChI=1S/C16H15N5O/c1-3-13-14(8-18)16(22)21(20-15(13)4-2)10-12-6-5-11(7-17)9-19-12/h5-6,9H,3-4,10H2,1-2H3. The highest BCUT2D eigenvalue weighted by molar-refractivity contribution is 5.38. The van der Waals surface area contributed by atoms with Crippen molar-refractivity contribution in [3.63, 3.8) is 0 Å². The Morgan fingerprint density at radius 1 is 1.18 bits per heavy atom. The molecule has 0 aliphatic heterocycles. The molecule has 0 aliphatic rings.